The minimum absolute atomic E-state index is 0.263. The smallest absolute Gasteiger partial charge is 0.343 e. The maximum absolute atomic E-state index is 12.4. The Kier molecular flexibility index (Phi) is 7.40. The summed E-state index contributed by atoms with van der Waals surface area (Å²) in [7, 11) is 3.02. The van der Waals surface area contributed by atoms with Gasteiger partial charge in [-0.05, 0) is 66.2 Å². The lowest BCUT2D eigenvalue weighted by molar-refractivity contribution is 0.0729. The van der Waals surface area contributed by atoms with Crippen LogP contribution in [-0.4, -0.2) is 32.3 Å². The number of benzene rings is 3. The van der Waals surface area contributed by atoms with E-state index in [9.17, 15) is 9.59 Å². The highest BCUT2D eigenvalue weighted by atomic mass is 79.9. The van der Waals surface area contributed by atoms with Gasteiger partial charge in [0.1, 0.15) is 5.75 Å². The van der Waals surface area contributed by atoms with Crippen LogP contribution >= 0.6 is 15.9 Å². The Labute approximate surface area is 187 Å². The molecule has 3 aromatic carbocycles. The highest BCUT2D eigenvalue weighted by Gasteiger charge is 2.13. The van der Waals surface area contributed by atoms with Crippen molar-refractivity contribution in [2.24, 2.45) is 5.10 Å². The summed E-state index contributed by atoms with van der Waals surface area (Å²) in [6.07, 6.45) is 1.47. The minimum atomic E-state index is -0.524. The van der Waals surface area contributed by atoms with Gasteiger partial charge in [0.25, 0.3) is 5.91 Å². The Balaban J connectivity index is 1.66. The van der Waals surface area contributed by atoms with Gasteiger partial charge in [0.15, 0.2) is 11.5 Å². The molecule has 8 heteroatoms. The lowest BCUT2D eigenvalue weighted by Gasteiger charge is -2.10. The van der Waals surface area contributed by atoms with Crippen molar-refractivity contribution in [2.45, 2.75) is 0 Å². The molecule has 1 N–H and O–H groups in total. The molecule has 0 aromatic heterocycles. The number of methoxy groups -OCH3 is 2. The van der Waals surface area contributed by atoms with Gasteiger partial charge < -0.3 is 14.2 Å². The number of amides is 1. The number of rotatable bonds is 7. The van der Waals surface area contributed by atoms with Crippen molar-refractivity contribution in [3.05, 3.63) is 87.9 Å². The molecule has 7 nitrogen and oxygen atoms in total. The Bertz CT molecular complexity index is 1110. The van der Waals surface area contributed by atoms with Gasteiger partial charge >= 0.3 is 5.97 Å². The molecule has 0 aliphatic carbocycles. The second kappa shape index (κ2) is 10.4. The third kappa shape index (κ3) is 5.93. The van der Waals surface area contributed by atoms with Crippen LogP contribution < -0.4 is 19.6 Å². The maximum atomic E-state index is 12.4. The monoisotopic (exact) mass is 482 g/mol. The van der Waals surface area contributed by atoms with Gasteiger partial charge in [0.05, 0.1) is 26.0 Å². The molecule has 0 bridgehead atoms. The lowest BCUT2D eigenvalue weighted by Crippen LogP contribution is -2.17. The number of halogens is 1. The van der Waals surface area contributed by atoms with Crippen LogP contribution in [0.15, 0.2) is 76.3 Å². The fourth-order valence-corrected chi connectivity index (χ4v) is 2.99. The van der Waals surface area contributed by atoms with Crippen LogP contribution in [0, 0.1) is 0 Å². The third-order valence-corrected chi connectivity index (χ3v) is 4.68. The van der Waals surface area contributed by atoms with E-state index in [0.29, 0.717) is 28.2 Å². The Hall–Kier alpha value is -3.65. The molecular formula is C23H19BrN2O5. The normalized spacial score (nSPS) is 10.5. The van der Waals surface area contributed by atoms with E-state index in [0.717, 1.165) is 4.47 Å². The second-order valence-electron chi connectivity index (χ2n) is 6.24. The van der Waals surface area contributed by atoms with E-state index < -0.39 is 5.97 Å². The molecule has 0 radical (unpaired) electrons. The van der Waals surface area contributed by atoms with Gasteiger partial charge in [0.2, 0.25) is 0 Å². The van der Waals surface area contributed by atoms with Gasteiger partial charge in [-0.15, -0.1) is 0 Å². The van der Waals surface area contributed by atoms with Gasteiger partial charge in [-0.25, -0.2) is 10.2 Å². The van der Waals surface area contributed by atoms with Crippen LogP contribution in [-0.2, 0) is 0 Å². The molecule has 0 saturated heterocycles. The van der Waals surface area contributed by atoms with Crippen LogP contribution in [0.1, 0.15) is 26.3 Å². The number of nitrogens with one attached hydrogen (secondary N) is 1. The Morgan fingerprint density at radius 1 is 0.903 bits per heavy atom. The molecule has 3 rings (SSSR count). The molecule has 0 aliphatic rings. The number of hydrogen-bond donors (Lipinski definition) is 1. The zero-order chi connectivity index (χ0) is 22.2. The molecular weight excluding hydrogens is 464 g/mol. The van der Waals surface area contributed by atoms with E-state index in [1.54, 1.807) is 67.8 Å². The highest BCUT2D eigenvalue weighted by molar-refractivity contribution is 9.10. The molecule has 3 aromatic rings. The summed E-state index contributed by atoms with van der Waals surface area (Å²) in [6.45, 7) is 0. The van der Waals surface area contributed by atoms with Gasteiger partial charge in [0, 0.05) is 10.0 Å². The molecule has 31 heavy (non-hydrogen) atoms. The first-order valence-electron chi connectivity index (χ1n) is 9.13. The maximum Gasteiger partial charge on any atom is 0.343 e. The molecule has 0 aliphatic heterocycles. The Morgan fingerprint density at radius 3 is 2.35 bits per heavy atom. The van der Waals surface area contributed by atoms with Crippen LogP contribution in [0.4, 0.5) is 0 Å². The van der Waals surface area contributed by atoms with E-state index in [1.165, 1.54) is 13.3 Å². The quantitative estimate of drug-likeness (QED) is 0.232. The zero-order valence-corrected chi connectivity index (χ0v) is 18.4. The van der Waals surface area contributed by atoms with Gasteiger partial charge in [-0.3, -0.25) is 4.79 Å². The lowest BCUT2D eigenvalue weighted by atomic mass is 10.2. The van der Waals surface area contributed by atoms with E-state index >= 15 is 0 Å². The molecule has 0 atom stereocenters. The molecule has 1 amide bonds. The summed E-state index contributed by atoms with van der Waals surface area (Å²) in [5.74, 6) is 0.394. The van der Waals surface area contributed by atoms with Crippen molar-refractivity contribution in [1.82, 2.24) is 5.43 Å². The largest absolute Gasteiger partial charge is 0.497 e. The van der Waals surface area contributed by atoms with Crippen molar-refractivity contribution in [2.75, 3.05) is 14.2 Å². The SMILES string of the molecule is COc1ccc(C(=O)Oc2ccc(C=NNC(=O)c3cccc(Br)c3)cc2OC)cc1. The average molecular weight is 483 g/mol. The molecule has 0 heterocycles. The Morgan fingerprint density at radius 2 is 1.68 bits per heavy atom. The number of hydrogen-bond acceptors (Lipinski definition) is 6. The van der Waals surface area contributed by atoms with Crippen molar-refractivity contribution in [3.63, 3.8) is 0 Å². The van der Waals surface area contributed by atoms with E-state index in [2.05, 4.69) is 26.5 Å². The summed E-state index contributed by atoms with van der Waals surface area (Å²) >= 11 is 3.32. The fraction of sp³-hybridized carbons (Fsp3) is 0.0870. The standard InChI is InChI=1S/C23H19BrN2O5/c1-29-19-9-7-16(8-10-19)23(28)31-20-11-6-15(12-21(20)30-2)14-25-26-22(27)17-4-3-5-18(24)13-17/h3-14H,1-2H3,(H,26,27). The third-order valence-electron chi connectivity index (χ3n) is 4.18. The summed E-state index contributed by atoms with van der Waals surface area (Å²) in [6, 6.07) is 18.5. The first kappa shape index (κ1) is 22.0. The van der Waals surface area contributed by atoms with Gasteiger partial charge in [-0.2, -0.15) is 5.10 Å². The number of carbonyl (C=O) groups is 2. The zero-order valence-electron chi connectivity index (χ0n) is 16.8. The van der Waals surface area contributed by atoms with Crippen LogP contribution in [0.3, 0.4) is 0 Å². The second-order valence-corrected chi connectivity index (χ2v) is 7.15. The van der Waals surface area contributed by atoms with Crippen molar-refractivity contribution >= 4 is 34.0 Å². The van der Waals surface area contributed by atoms with E-state index in [4.69, 9.17) is 14.2 Å². The number of ether oxygens (including phenoxy) is 3. The first-order chi connectivity index (χ1) is 15.0. The van der Waals surface area contributed by atoms with Crippen LogP contribution in [0.25, 0.3) is 0 Å². The fourth-order valence-electron chi connectivity index (χ4n) is 2.59. The summed E-state index contributed by atoms with van der Waals surface area (Å²) in [5.41, 5.74) is 3.97. The summed E-state index contributed by atoms with van der Waals surface area (Å²) < 4.78 is 16.6. The van der Waals surface area contributed by atoms with E-state index in [-0.39, 0.29) is 11.7 Å². The predicted molar refractivity (Wildman–Crippen MR) is 120 cm³/mol. The number of nitrogens with zero attached hydrogens (tertiary/aromatic N) is 1. The average Bonchev–Trinajstić information content (AvgIpc) is 2.79. The molecule has 158 valence electrons. The van der Waals surface area contributed by atoms with Gasteiger partial charge in [-0.1, -0.05) is 22.0 Å². The highest BCUT2D eigenvalue weighted by Crippen LogP contribution is 2.28. The topological polar surface area (TPSA) is 86.2 Å². The van der Waals surface area contributed by atoms with Crippen LogP contribution in [0.5, 0.6) is 17.2 Å². The summed E-state index contributed by atoms with van der Waals surface area (Å²) in [4.78, 5) is 24.5. The van der Waals surface area contributed by atoms with Crippen molar-refractivity contribution in [3.8, 4) is 17.2 Å². The number of carbonyl (C=O) groups excluding carboxylic acids is 2. The first-order valence-corrected chi connectivity index (χ1v) is 9.92. The summed E-state index contributed by atoms with van der Waals surface area (Å²) in [5, 5.41) is 3.96. The molecule has 0 fully saturated rings. The molecule has 0 spiro atoms. The number of esters is 1. The van der Waals surface area contributed by atoms with Crippen molar-refractivity contribution in [1.29, 1.82) is 0 Å². The number of hydrazone groups is 1. The molecule has 0 unspecified atom stereocenters. The van der Waals surface area contributed by atoms with Crippen molar-refractivity contribution < 1.29 is 23.8 Å². The van der Waals surface area contributed by atoms with E-state index in [1.807, 2.05) is 6.07 Å². The minimum Gasteiger partial charge on any atom is -0.497 e. The van der Waals surface area contributed by atoms with Crippen LogP contribution in [0.2, 0.25) is 0 Å². The molecule has 0 saturated carbocycles. The predicted octanol–water partition coefficient (Wildman–Crippen LogP) is 4.45.